The van der Waals surface area contributed by atoms with Gasteiger partial charge < -0.3 is 9.73 Å². The molecule has 2 heterocycles. The van der Waals surface area contributed by atoms with Gasteiger partial charge in [-0.05, 0) is 31.5 Å². The van der Waals surface area contributed by atoms with Gasteiger partial charge in [0.2, 0.25) is 0 Å². The number of nitrogens with zero attached hydrogens (tertiary/aromatic N) is 1. The topological polar surface area (TPSA) is 47.2 Å². The highest BCUT2D eigenvalue weighted by Crippen LogP contribution is 2.35. The molecule has 0 bridgehead atoms. The van der Waals surface area contributed by atoms with Crippen molar-refractivity contribution in [2.24, 2.45) is 7.05 Å². The van der Waals surface area contributed by atoms with Crippen molar-refractivity contribution in [1.29, 1.82) is 0 Å². The van der Waals surface area contributed by atoms with Crippen LogP contribution in [-0.2, 0) is 7.05 Å². The molecular weight excluding hydrogens is 216 g/mol. The number of hydrogen-bond donors (Lipinski definition) is 1. The molecule has 1 aromatic heterocycles. The molecule has 1 saturated heterocycles. The molecule has 1 aromatic carbocycles. The monoisotopic (exact) mass is 232 g/mol. The number of aromatic nitrogens is 1. The third-order valence-corrected chi connectivity index (χ3v) is 3.85. The zero-order chi connectivity index (χ0) is 12.2. The Bertz CT molecular complexity index is 636. The quantitative estimate of drug-likeness (QED) is 0.812. The van der Waals surface area contributed by atoms with Crippen LogP contribution in [0.1, 0.15) is 25.3 Å². The highest BCUT2D eigenvalue weighted by Gasteiger charge is 2.38. The van der Waals surface area contributed by atoms with Gasteiger partial charge in [0.05, 0.1) is 5.52 Å². The molecule has 4 nitrogen and oxygen atoms in total. The maximum absolute atomic E-state index is 11.4. The molecule has 0 aliphatic carbocycles. The predicted molar refractivity (Wildman–Crippen MR) is 66.3 cm³/mol. The van der Waals surface area contributed by atoms with Gasteiger partial charge in [-0.3, -0.25) is 4.57 Å². The van der Waals surface area contributed by atoms with Crippen LogP contribution in [0.25, 0.3) is 11.1 Å². The smallest absolute Gasteiger partial charge is 0.408 e. The van der Waals surface area contributed by atoms with Gasteiger partial charge in [-0.1, -0.05) is 6.07 Å². The summed E-state index contributed by atoms with van der Waals surface area (Å²) in [6, 6.07) is 6.01. The first-order valence-corrected chi connectivity index (χ1v) is 5.83. The summed E-state index contributed by atoms with van der Waals surface area (Å²) in [5, 5.41) is 3.41. The first-order valence-electron chi connectivity index (χ1n) is 5.83. The average Bonchev–Trinajstić information content (AvgIpc) is 2.54. The van der Waals surface area contributed by atoms with Crippen molar-refractivity contribution in [2.45, 2.75) is 25.3 Å². The summed E-state index contributed by atoms with van der Waals surface area (Å²) in [4.78, 5) is 11.4. The van der Waals surface area contributed by atoms with E-state index >= 15 is 0 Å². The Morgan fingerprint density at radius 2 is 2.24 bits per heavy atom. The van der Waals surface area contributed by atoms with Gasteiger partial charge in [0.15, 0.2) is 5.58 Å². The zero-order valence-electron chi connectivity index (χ0n) is 10.3. The largest absolute Gasteiger partial charge is 0.419 e. The van der Waals surface area contributed by atoms with Gasteiger partial charge in [0, 0.05) is 25.0 Å². The molecule has 0 amide bonds. The number of rotatable bonds is 1. The van der Waals surface area contributed by atoms with E-state index in [9.17, 15) is 4.79 Å². The first kappa shape index (κ1) is 10.6. The normalized spacial score (nSPS) is 22.6. The van der Waals surface area contributed by atoms with Crippen molar-refractivity contribution in [3.63, 3.8) is 0 Å². The Balaban J connectivity index is 2.13. The van der Waals surface area contributed by atoms with Gasteiger partial charge in [0.25, 0.3) is 0 Å². The molecular formula is C13H16N2O2. The summed E-state index contributed by atoms with van der Waals surface area (Å²) in [5.74, 6) is 0.194. The minimum Gasteiger partial charge on any atom is -0.408 e. The van der Waals surface area contributed by atoms with E-state index in [1.165, 1.54) is 5.56 Å². The maximum atomic E-state index is 11.4. The standard InChI is InChI=1S/C13H16N2O2/c1-13(2)9(7-14-13)8-4-5-11-10(6-8)15(3)12(16)17-11/h4-6,9,14H,7H2,1-3H3. The third-order valence-electron chi connectivity index (χ3n) is 3.85. The molecule has 17 heavy (non-hydrogen) atoms. The van der Waals surface area contributed by atoms with E-state index < -0.39 is 0 Å². The predicted octanol–water partition coefficient (Wildman–Crippen LogP) is 1.60. The molecule has 1 N–H and O–H groups in total. The number of benzene rings is 1. The molecule has 0 spiro atoms. The molecule has 1 atom stereocenters. The molecule has 4 heteroatoms. The molecule has 90 valence electrons. The lowest BCUT2D eigenvalue weighted by molar-refractivity contribution is 0.208. The van der Waals surface area contributed by atoms with Crippen molar-refractivity contribution in [1.82, 2.24) is 9.88 Å². The van der Waals surface area contributed by atoms with Gasteiger partial charge in [-0.2, -0.15) is 0 Å². The lowest BCUT2D eigenvalue weighted by atomic mass is 9.75. The van der Waals surface area contributed by atoms with Crippen molar-refractivity contribution < 1.29 is 4.42 Å². The van der Waals surface area contributed by atoms with Gasteiger partial charge in [-0.25, -0.2) is 4.79 Å². The molecule has 1 unspecified atom stereocenters. The fraction of sp³-hybridized carbons (Fsp3) is 0.462. The number of oxazole rings is 1. The number of aryl methyl sites for hydroxylation is 1. The van der Waals surface area contributed by atoms with Crippen LogP contribution in [0.3, 0.4) is 0 Å². The molecule has 0 radical (unpaired) electrons. The van der Waals surface area contributed by atoms with Crippen LogP contribution in [0.2, 0.25) is 0 Å². The highest BCUT2D eigenvalue weighted by atomic mass is 16.4. The second kappa shape index (κ2) is 3.23. The van der Waals surface area contributed by atoms with Crippen molar-refractivity contribution >= 4 is 11.1 Å². The molecule has 0 saturated carbocycles. The second-order valence-electron chi connectivity index (χ2n) is 5.31. The van der Waals surface area contributed by atoms with Crippen LogP contribution in [0.4, 0.5) is 0 Å². The van der Waals surface area contributed by atoms with Crippen LogP contribution < -0.4 is 11.1 Å². The van der Waals surface area contributed by atoms with Gasteiger partial charge in [-0.15, -0.1) is 0 Å². The Labute approximate surface area is 99.2 Å². The molecule has 3 rings (SSSR count). The van der Waals surface area contributed by atoms with E-state index in [0.29, 0.717) is 11.5 Å². The van der Waals surface area contributed by atoms with E-state index in [1.54, 1.807) is 11.6 Å². The SMILES string of the molecule is Cn1c(=O)oc2ccc(C3CNC3(C)C)cc21. The average molecular weight is 232 g/mol. The summed E-state index contributed by atoms with van der Waals surface area (Å²) in [6.07, 6.45) is 0. The maximum Gasteiger partial charge on any atom is 0.419 e. The van der Waals surface area contributed by atoms with Crippen molar-refractivity contribution in [3.8, 4) is 0 Å². The molecule has 1 fully saturated rings. The Kier molecular flexibility index (Phi) is 2.01. The third kappa shape index (κ3) is 1.44. The highest BCUT2D eigenvalue weighted by molar-refractivity contribution is 5.74. The summed E-state index contributed by atoms with van der Waals surface area (Å²) < 4.78 is 6.68. The summed E-state index contributed by atoms with van der Waals surface area (Å²) in [5.41, 5.74) is 2.93. The second-order valence-corrected chi connectivity index (χ2v) is 5.31. The molecule has 2 aromatic rings. The Morgan fingerprint density at radius 3 is 2.82 bits per heavy atom. The van der Waals surface area contributed by atoms with Gasteiger partial charge in [0.1, 0.15) is 0 Å². The Morgan fingerprint density at radius 1 is 1.47 bits per heavy atom. The minimum absolute atomic E-state index is 0.135. The minimum atomic E-state index is -0.303. The lowest BCUT2D eigenvalue weighted by Crippen LogP contribution is -2.59. The Hall–Kier alpha value is -1.55. The van der Waals surface area contributed by atoms with E-state index in [0.717, 1.165) is 12.1 Å². The number of hydrogen-bond acceptors (Lipinski definition) is 3. The first-order chi connectivity index (χ1) is 7.99. The van der Waals surface area contributed by atoms with Crippen LogP contribution in [0.15, 0.2) is 27.4 Å². The summed E-state index contributed by atoms with van der Waals surface area (Å²) in [7, 11) is 1.74. The van der Waals surface area contributed by atoms with Crippen LogP contribution in [0, 0.1) is 0 Å². The molecule has 1 aliphatic heterocycles. The zero-order valence-corrected chi connectivity index (χ0v) is 10.3. The van der Waals surface area contributed by atoms with Crippen molar-refractivity contribution in [3.05, 3.63) is 34.3 Å². The summed E-state index contributed by atoms with van der Waals surface area (Å²) >= 11 is 0. The van der Waals surface area contributed by atoms with Crippen molar-refractivity contribution in [2.75, 3.05) is 6.54 Å². The van der Waals surface area contributed by atoms with Crippen LogP contribution in [-0.4, -0.2) is 16.7 Å². The fourth-order valence-electron chi connectivity index (χ4n) is 2.51. The van der Waals surface area contributed by atoms with Gasteiger partial charge >= 0.3 is 5.76 Å². The van der Waals surface area contributed by atoms with E-state index in [1.807, 2.05) is 6.07 Å². The fourth-order valence-corrected chi connectivity index (χ4v) is 2.51. The lowest BCUT2D eigenvalue weighted by Gasteiger charge is -2.46. The number of nitrogens with one attached hydrogen (secondary N) is 1. The summed E-state index contributed by atoms with van der Waals surface area (Å²) in [6.45, 7) is 5.38. The number of fused-ring (bicyclic) bond motifs is 1. The van der Waals surface area contributed by atoms with E-state index in [2.05, 4.69) is 31.3 Å². The van der Waals surface area contributed by atoms with Crippen LogP contribution in [0.5, 0.6) is 0 Å². The molecule has 1 aliphatic rings. The van der Waals surface area contributed by atoms with Crippen LogP contribution >= 0.6 is 0 Å². The van der Waals surface area contributed by atoms with E-state index in [-0.39, 0.29) is 11.3 Å². The van der Waals surface area contributed by atoms with E-state index in [4.69, 9.17) is 4.42 Å².